The molecule has 10 nitrogen and oxygen atoms in total. The molecule has 36 heavy (non-hydrogen) atoms. The summed E-state index contributed by atoms with van der Waals surface area (Å²) in [6.07, 6.45) is 5.54. The molecule has 1 aliphatic carbocycles. The number of pyridine rings is 1. The number of fused-ring (bicyclic) bond motifs is 2. The van der Waals surface area contributed by atoms with Gasteiger partial charge in [-0.15, -0.1) is 0 Å². The first kappa shape index (κ1) is 22.8. The molecule has 0 bridgehead atoms. The Labute approximate surface area is 208 Å². The number of rotatable bonds is 5. The van der Waals surface area contributed by atoms with E-state index in [-0.39, 0.29) is 17.8 Å². The zero-order valence-electron chi connectivity index (χ0n) is 20.7. The molecular weight excluding hydrogens is 458 g/mol. The summed E-state index contributed by atoms with van der Waals surface area (Å²) in [5.41, 5.74) is 1.26. The summed E-state index contributed by atoms with van der Waals surface area (Å²) >= 11 is 0. The molecule has 4 heterocycles. The van der Waals surface area contributed by atoms with Gasteiger partial charge in [0.05, 0.1) is 19.4 Å². The molecule has 2 aliphatic rings. The monoisotopic (exact) mass is 489 g/mol. The van der Waals surface area contributed by atoms with Crippen LogP contribution < -0.4 is 20.6 Å². The first-order valence-electron chi connectivity index (χ1n) is 12.6. The molecule has 10 heteroatoms. The van der Waals surface area contributed by atoms with Crippen molar-refractivity contribution >= 4 is 33.7 Å². The van der Waals surface area contributed by atoms with Crippen LogP contribution in [0.2, 0.25) is 0 Å². The molecule has 6 rings (SSSR count). The van der Waals surface area contributed by atoms with E-state index >= 15 is 0 Å². The van der Waals surface area contributed by atoms with Gasteiger partial charge in [0, 0.05) is 38.6 Å². The average Bonchev–Trinajstić information content (AvgIpc) is 3.13. The Balaban J connectivity index is 1.14. The van der Waals surface area contributed by atoms with Gasteiger partial charge < -0.3 is 19.7 Å². The van der Waals surface area contributed by atoms with E-state index in [1.165, 1.54) is 0 Å². The van der Waals surface area contributed by atoms with Crippen molar-refractivity contribution in [2.75, 3.05) is 36.5 Å². The second-order valence-electron chi connectivity index (χ2n) is 9.65. The highest BCUT2D eigenvalue weighted by Gasteiger charge is 2.25. The van der Waals surface area contributed by atoms with Gasteiger partial charge >= 0.3 is 5.69 Å². The summed E-state index contributed by atoms with van der Waals surface area (Å²) in [7, 11) is 3.47. The molecule has 0 radical (unpaired) electrons. The highest BCUT2D eigenvalue weighted by Crippen LogP contribution is 2.32. The zero-order chi connectivity index (χ0) is 24.6. The topological polar surface area (TPSA) is 99.3 Å². The van der Waals surface area contributed by atoms with Crippen molar-refractivity contribution in [1.82, 2.24) is 24.1 Å². The number of nitrogens with zero attached hydrogens (tertiary/aromatic N) is 6. The van der Waals surface area contributed by atoms with E-state index in [1.807, 2.05) is 6.07 Å². The Morgan fingerprint density at radius 2 is 1.81 bits per heavy atom. The van der Waals surface area contributed by atoms with Crippen LogP contribution in [0.3, 0.4) is 0 Å². The van der Waals surface area contributed by atoms with Crippen LogP contribution in [-0.2, 0) is 18.8 Å². The van der Waals surface area contributed by atoms with Crippen LogP contribution in [0.4, 0.5) is 11.8 Å². The second kappa shape index (κ2) is 9.42. The summed E-state index contributed by atoms with van der Waals surface area (Å²) in [4.78, 5) is 28.4. The van der Waals surface area contributed by atoms with Crippen LogP contribution in [0.1, 0.15) is 25.7 Å². The molecule has 2 fully saturated rings. The molecule has 0 unspecified atom stereocenters. The fourth-order valence-corrected chi connectivity index (χ4v) is 5.20. The van der Waals surface area contributed by atoms with Crippen LogP contribution in [-0.4, -0.2) is 62.5 Å². The highest BCUT2D eigenvalue weighted by molar-refractivity contribution is 5.89. The lowest BCUT2D eigenvalue weighted by atomic mass is 9.93. The molecule has 1 N–H and O–H groups in total. The summed E-state index contributed by atoms with van der Waals surface area (Å²) in [5, 5.41) is 5.65. The molecule has 0 atom stereocenters. The fourth-order valence-electron chi connectivity index (χ4n) is 5.20. The number of anilines is 2. The number of morpholine rings is 1. The fraction of sp³-hybridized carbons (Fsp3) is 0.462. The first-order valence-corrected chi connectivity index (χ1v) is 12.6. The van der Waals surface area contributed by atoms with Crippen LogP contribution in [0.5, 0.6) is 5.88 Å². The van der Waals surface area contributed by atoms with Crippen molar-refractivity contribution in [2.45, 2.75) is 37.8 Å². The normalized spacial score (nSPS) is 20.7. The minimum atomic E-state index is -0.104. The van der Waals surface area contributed by atoms with Gasteiger partial charge in [0.15, 0.2) is 5.65 Å². The van der Waals surface area contributed by atoms with E-state index in [0.717, 1.165) is 74.1 Å². The minimum Gasteiger partial charge on any atom is -0.474 e. The lowest BCUT2D eigenvalue weighted by Crippen LogP contribution is -2.37. The largest absolute Gasteiger partial charge is 0.474 e. The molecule has 1 saturated carbocycles. The molecular formula is C26H31N7O3. The number of hydrogen-bond donors (Lipinski definition) is 1. The Kier molecular flexibility index (Phi) is 5.96. The number of imidazole rings is 1. The van der Waals surface area contributed by atoms with E-state index in [4.69, 9.17) is 14.5 Å². The first-order chi connectivity index (χ1) is 17.6. The lowest BCUT2D eigenvalue weighted by molar-refractivity contribution is 0.122. The van der Waals surface area contributed by atoms with Gasteiger partial charge in [-0.3, -0.25) is 9.13 Å². The van der Waals surface area contributed by atoms with Crippen LogP contribution in [0, 0.1) is 0 Å². The molecule has 3 aromatic heterocycles. The predicted molar refractivity (Wildman–Crippen MR) is 139 cm³/mol. The van der Waals surface area contributed by atoms with Gasteiger partial charge in [0.25, 0.3) is 0 Å². The second-order valence-corrected chi connectivity index (χ2v) is 9.65. The highest BCUT2D eigenvalue weighted by atomic mass is 16.5. The number of ether oxygens (including phenoxy) is 2. The zero-order valence-corrected chi connectivity index (χ0v) is 20.7. The van der Waals surface area contributed by atoms with E-state index in [9.17, 15) is 4.79 Å². The van der Waals surface area contributed by atoms with Crippen LogP contribution >= 0.6 is 0 Å². The summed E-state index contributed by atoms with van der Waals surface area (Å²) in [6.45, 7) is 3.12. The quantitative estimate of drug-likeness (QED) is 0.457. The maximum absolute atomic E-state index is 12.2. The average molecular weight is 490 g/mol. The molecule has 0 spiro atoms. The van der Waals surface area contributed by atoms with Crippen LogP contribution in [0.25, 0.3) is 21.9 Å². The Hall–Kier alpha value is -3.66. The summed E-state index contributed by atoms with van der Waals surface area (Å²) < 4.78 is 15.1. The standard InChI is InChI=1S/C26H31N7O3/c1-31-21-16-27-25(30-23(21)32(2)26(31)34)28-18-7-9-19(10-8-18)36-24-20-6-4-3-5-17(20)15-22(29-24)33-11-13-35-14-12-33/h3-6,15-16,18-19H,7-14H2,1-2H3,(H,27,28,30)/t18-,19+. The third kappa shape index (κ3) is 4.26. The van der Waals surface area contributed by atoms with Crippen molar-refractivity contribution in [2.24, 2.45) is 14.1 Å². The number of aromatic nitrogens is 5. The summed E-state index contributed by atoms with van der Waals surface area (Å²) in [6, 6.07) is 10.7. The van der Waals surface area contributed by atoms with E-state index in [1.54, 1.807) is 29.4 Å². The number of nitrogens with one attached hydrogen (secondary N) is 1. The summed E-state index contributed by atoms with van der Waals surface area (Å²) in [5.74, 6) is 2.22. The SMILES string of the molecule is Cn1c(=O)n(C)c2nc(N[C@H]3CC[C@@H](Oc4nc(N5CCOCC5)cc5ccccc45)CC3)ncc21. The smallest absolute Gasteiger partial charge is 0.329 e. The van der Waals surface area contributed by atoms with Crippen molar-refractivity contribution in [3.8, 4) is 5.88 Å². The van der Waals surface area contributed by atoms with E-state index in [0.29, 0.717) is 17.5 Å². The molecule has 1 saturated heterocycles. The molecule has 1 aliphatic heterocycles. The van der Waals surface area contributed by atoms with Gasteiger partial charge in [0.2, 0.25) is 11.8 Å². The van der Waals surface area contributed by atoms with Gasteiger partial charge in [-0.1, -0.05) is 18.2 Å². The Bertz CT molecular complexity index is 1450. The number of benzene rings is 1. The molecule has 4 aromatic rings. The van der Waals surface area contributed by atoms with Gasteiger partial charge in [-0.25, -0.2) is 9.78 Å². The molecule has 1 aromatic carbocycles. The van der Waals surface area contributed by atoms with Gasteiger partial charge in [-0.2, -0.15) is 9.97 Å². The Morgan fingerprint density at radius 1 is 1.03 bits per heavy atom. The molecule has 188 valence electrons. The van der Waals surface area contributed by atoms with E-state index < -0.39 is 0 Å². The minimum absolute atomic E-state index is 0.104. The third-order valence-electron chi connectivity index (χ3n) is 7.32. The van der Waals surface area contributed by atoms with Crippen molar-refractivity contribution in [3.63, 3.8) is 0 Å². The predicted octanol–water partition coefficient (Wildman–Crippen LogP) is 2.85. The molecule has 0 amide bonds. The van der Waals surface area contributed by atoms with Crippen molar-refractivity contribution in [3.05, 3.63) is 47.0 Å². The third-order valence-corrected chi connectivity index (χ3v) is 7.32. The van der Waals surface area contributed by atoms with Crippen LogP contribution in [0.15, 0.2) is 41.3 Å². The van der Waals surface area contributed by atoms with Crippen molar-refractivity contribution in [1.29, 1.82) is 0 Å². The Morgan fingerprint density at radius 3 is 2.61 bits per heavy atom. The van der Waals surface area contributed by atoms with E-state index in [2.05, 4.69) is 44.5 Å². The number of aryl methyl sites for hydroxylation is 2. The maximum atomic E-state index is 12.2. The van der Waals surface area contributed by atoms with Gasteiger partial charge in [0.1, 0.15) is 17.4 Å². The number of hydrogen-bond acceptors (Lipinski definition) is 8. The van der Waals surface area contributed by atoms with Crippen molar-refractivity contribution < 1.29 is 9.47 Å². The van der Waals surface area contributed by atoms with Gasteiger partial charge in [-0.05, 0) is 43.2 Å². The maximum Gasteiger partial charge on any atom is 0.329 e. The lowest BCUT2D eigenvalue weighted by Gasteiger charge is -2.31.